The fraction of sp³-hybridized carbons (Fsp3) is 0.250. The van der Waals surface area contributed by atoms with Crippen LogP contribution in [0.1, 0.15) is 11.1 Å². The number of hydrogen-bond donors (Lipinski definition) is 1. The molecule has 1 atom stereocenters. The normalized spacial score (nSPS) is 17.0. The van der Waals surface area contributed by atoms with Crippen molar-refractivity contribution in [2.75, 3.05) is 6.61 Å². The highest BCUT2D eigenvalue weighted by atomic mass is 32.2. The first-order valence-corrected chi connectivity index (χ1v) is 8.30. The van der Waals surface area contributed by atoms with Crippen LogP contribution in [-0.2, 0) is 20.7 Å². The third-order valence-electron chi connectivity index (χ3n) is 3.53. The third-order valence-corrected chi connectivity index (χ3v) is 4.82. The number of rotatable bonds is 4. The summed E-state index contributed by atoms with van der Waals surface area (Å²) in [7, 11) is -3.80. The average Bonchev–Trinajstić information content (AvgIpc) is 2.90. The maximum Gasteiger partial charge on any atom is 0.297 e. The van der Waals surface area contributed by atoms with Crippen LogP contribution in [0.15, 0.2) is 47.4 Å². The lowest BCUT2D eigenvalue weighted by Gasteiger charge is -2.11. The molecule has 1 aliphatic heterocycles. The molecular weight excluding hydrogens is 304 g/mol. The lowest BCUT2D eigenvalue weighted by Crippen LogP contribution is -2.23. The van der Waals surface area contributed by atoms with Gasteiger partial charge in [-0.1, -0.05) is 29.8 Å². The van der Waals surface area contributed by atoms with Gasteiger partial charge in [-0.25, -0.2) is 0 Å². The molecule has 0 aromatic heterocycles. The summed E-state index contributed by atoms with van der Waals surface area (Å²) < 4.78 is 34.9. The van der Waals surface area contributed by atoms with E-state index in [1.807, 2.05) is 13.0 Å². The van der Waals surface area contributed by atoms with Crippen molar-refractivity contribution < 1.29 is 22.4 Å². The molecule has 1 heterocycles. The van der Waals surface area contributed by atoms with Crippen molar-refractivity contribution in [2.24, 2.45) is 0 Å². The maximum atomic E-state index is 12.1. The molecule has 0 saturated carbocycles. The Balaban J connectivity index is 1.67. The number of phenols is 1. The van der Waals surface area contributed by atoms with Crippen LogP contribution in [0.4, 0.5) is 0 Å². The molecule has 5 nitrogen and oxygen atoms in total. The SMILES string of the molecule is Cc1ccc(S(=O)(=O)OCC2Cc3cccc(O)c3O2)cc1. The number of hydrogen-bond acceptors (Lipinski definition) is 5. The molecule has 0 amide bonds. The summed E-state index contributed by atoms with van der Waals surface area (Å²) in [6, 6.07) is 11.6. The topological polar surface area (TPSA) is 72.8 Å². The van der Waals surface area contributed by atoms with Crippen LogP contribution < -0.4 is 4.74 Å². The number of para-hydroxylation sites is 1. The maximum absolute atomic E-state index is 12.1. The molecule has 1 unspecified atom stereocenters. The summed E-state index contributed by atoms with van der Waals surface area (Å²) in [5, 5.41) is 9.70. The van der Waals surface area contributed by atoms with Gasteiger partial charge in [-0.2, -0.15) is 8.42 Å². The molecule has 3 rings (SSSR count). The highest BCUT2D eigenvalue weighted by molar-refractivity contribution is 7.86. The summed E-state index contributed by atoms with van der Waals surface area (Å²) >= 11 is 0. The molecule has 2 aromatic carbocycles. The number of aryl methyl sites for hydroxylation is 1. The molecule has 1 N–H and O–H groups in total. The predicted octanol–water partition coefficient (Wildman–Crippen LogP) is 2.41. The Morgan fingerprint density at radius 1 is 1.23 bits per heavy atom. The summed E-state index contributed by atoms with van der Waals surface area (Å²) in [5.74, 6) is 0.463. The molecule has 0 aliphatic carbocycles. The van der Waals surface area contributed by atoms with E-state index in [1.54, 1.807) is 18.2 Å². The van der Waals surface area contributed by atoms with Gasteiger partial charge in [0.15, 0.2) is 11.5 Å². The molecular formula is C16H16O5S. The first-order valence-electron chi connectivity index (χ1n) is 6.89. The van der Waals surface area contributed by atoms with E-state index in [9.17, 15) is 13.5 Å². The van der Waals surface area contributed by atoms with Crippen LogP contribution >= 0.6 is 0 Å². The Bertz CT molecular complexity index is 781. The minimum atomic E-state index is -3.80. The van der Waals surface area contributed by atoms with E-state index in [0.717, 1.165) is 11.1 Å². The van der Waals surface area contributed by atoms with E-state index in [1.165, 1.54) is 18.2 Å². The zero-order valence-electron chi connectivity index (χ0n) is 12.0. The quantitative estimate of drug-likeness (QED) is 0.876. The van der Waals surface area contributed by atoms with Crippen LogP contribution in [0, 0.1) is 6.92 Å². The van der Waals surface area contributed by atoms with Crippen molar-refractivity contribution in [3.8, 4) is 11.5 Å². The summed E-state index contributed by atoms with van der Waals surface area (Å²) in [5.41, 5.74) is 1.82. The minimum Gasteiger partial charge on any atom is -0.504 e. The van der Waals surface area contributed by atoms with Crippen molar-refractivity contribution in [3.05, 3.63) is 53.6 Å². The Morgan fingerprint density at radius 3 is 2.64 bits per heavy atom. The van der Waals surface area contributed by atoms with Crippen LogP contribution in [0.5, 0.6) is 11.5 Å². The van der Waals surface area contributed by atoms with Crippen molar-refractivity contribution >= 4 is 10.1 Å². The molecule has 22 heavy (non-hydrogen) atoms. The van der Waals surface area contributed by atoms with Crippen LogP contribution in [0.2, 0.25) is 0 Å². The molecule has 0 radical (unpaired) electrons. The number of aromatic hydroxyl groups is 1. The van der Waals surface area contributed by atoms with Gasteiger partial charge in [-0.15, -0.1) is 0 Å². The van der Waals surface area contributed by atoms with Crippen molar-refractivity contribution in [2.45, 2.75) is 24.3 Å². The van der Waals surface area contributed by atoms with Gasteiger partial charge in [0.05, 0.1) is 4.90 Å². The van der Waals surface area contributed by atoms with Gasteiger partial charge in [-0.05, 0) is 25.1 Å². The fourth-order valence-electron chi connectivity index (χ4n) is 2.35. The lowest BCUT2D eigenvalue weighted by atomic mass is 10.1. The second-order valence-electron chi connectivity index (χ2n) is 5.26. The van der Waals surface area contributed by atoms with Crippen LogP contribution in [0.25, 0.3) is 0 Å². The molecule has 1 aliphatic rings. The molecule has 0 spiro atoms. The van der Waals surface area contributed by atoms with Crippen LogP contribution in [0.3, 0.4) is 0 Å². The van der Waals surface area contributed by atoms with Gasteiger partial charge in [0, 0.05) is 12.0 Å². The number of fused-ring (bicyclic) bond motifs is 1. The lowest BCUT2D eigenvalue weighted by molar-refractivity contribution is 0.149. The highest BCUT2D eigenvalue weighted by Crippen LogP contribution is 2.37. The van der Waals surface area contributed by atoms with Crippen molar-refractivity contribution in [1.29, 1.82) is 0 Å². The standard InChI is InChI=1S/C16H16O5S/c1-11-5-7-14(8-6-11)22(18,19)20-10-13-9-12-3-2-4-15(17)16(12)21-13/h2-8,13,17H,9-10H2,1H3. The fourth-order valence-corrected chi connectivity index (χ4v) is 3.29. The number of phenolic OH excluding ortho intramolecular Hbond substituents is 1. The van der Waals surface area contributed by atoms with Gasteiger partial charge in [0.25, 0.3) is 10.1 Å². The molecule has 0 fully saturated rings. The van der Waals surface area contributed by atoms with E-state index in [0.29, 0.717) is 12.2 Å². The van der Waals surface area contributed by atoms with E-state index in [-0.39, 0.29) is 17.3 Å². The molecule has 0 bridgehead atoms. The molecule has 2 aromatic rings. The Morgan fingerprint density at radius 2 is 1.95 bits per heavy atom. The zero-order valence-corrected chi connectivity index (χ0v) is 12.8. The van der Waals surface area contributed by atoms with Gasteiger partial charge in [0.2, 0.25) is 0 Å². The van der Waals surface area contributed by atoms with Gasteiger partial charge in [0.1, 0.15) is 12.7 Å². The smallest absolute Gasteiger partial charge is 0.297 e. The van der Waals surface area contributed by atoms with Gasteiger partial charge < -0.3 is 9.84 Å². The Hall–Kier alpha value is -2.05. The first kappa shape index (κ1) is 14.9. The summed E-state index contributed by atoms with van der Waals surface area (Å²) in [6.07, 6.45) is 0.0798. The Kier molecular flexibility index (Phi) is 3.80. The first-order chi connectivity index (χ1) is 10.5. The minimum absolute atomic E-state index is 0.0568. The molecule has 0 saturated heterocycles. The Labute approximate surface area is 129 Å². The third kappa shape index (κ3) is 2.93. The summed E-state index contributed by atoms with van der Waals surface area (Å²) in [6.45, 7) is 1.79. The van der Waals surface area contributed by atoms with E-state index in [4.69, 9.17) is 8.92 Å². The highest BCUT2D eigenvalue weighted by Gasteiger charge is 2.27. The van der Waals surface area contributed by atoms with Gasteiger partial charge >= 0.3 is 0 Å². The zero-order chi connectivity index (χ0) is 15.7. The average molecular weight is 320 g/mol. The number of benzene rings is 2. The number of ether oxygens (including phenoxy) is 1. The van der Waals surface area contributed by atoms with E-state index in [2.05, 4.69) is 0 Å². The largest absolute Gasteiger partial charge is 0.504 e. The van der Waals surface area contributed by atoms with Crippen molar-refractivity contribution in [3.63, 3.8) is 0 Å². The van der Waals surface area contributed by atoms with Gasteiger partial charge in [-0.3, -0.25) is 4.18 Å². The second-order valence-corrected chi connectivity index (χ2v) is 6.88. The second kappa shape index (κ2) is 5.62. The summed E-state index contributed by atoms with van der Waals surface area (Å²) in [4.78, 5) is 0.122. The van der Waals surface area contributed by atoms with Crippen molar-refractivity contribution in [1.82, 2.24) is 0 Å². The monoisotopic (exact) mass is 320 g/mol. The van der Waals surface area contributed by atoms with E-state index < -0.39 is 16.2 Å². The predicted molar refractivity (Wildman–Crippen MR) is 80.5 cm³/mol. The molecule has 116 valence electrons. The van der Waals surface area contributed by atoms with Crippen LogP contribution in [-0.4, -0.2) is 26.2 Å². The van der Waals surface area contributed by atoms with E-state index >= 15 is 0 Å². The molecule has 6 heteroatoms.